The van der Waals surface area contributed by atoms with Crippen molar-refractivity contribution in [3.8, 4) is 11.5 Å². The Hall–Kier alpha value is -3.34. The largest absolute Gasteiger partial charge is 0.457 e. The molecule has 0 saturated heterocycles. The second kappa shape index (κ2) is 8.85. The predicted octanol–water partition coefficient (Wildman–Crippen LogP) is 5.19. The number of carbonyl (C=O) groups is 1. The van der Waals surface area contributed by atoms with Gasteiger partial charge in [0, 0.05) is 24.0 Å². The fraction of sp³-hybridized carbons (Fsp3) is 0.182. The van der Waals surface area contributed by atoms with E-state index in [1.54, 1.807) is 18.3 Å². The zero-order chi connectivity index (χ0) is 19.1. The molecule has 0 spiro atoms. The van der Waals surface area contributed by atoms with Crippen LogP contribution < -0.4 is 15.4 Å². The number of para-hydroxylation sites is 1. The molecule has 2 aromatic carbocycles. The third kappa shape index (κ3) is 5.57. The first-order valence-electron chi connectivity index (χ1n) is 8.94. The molecule has 138 valence electrons. The van der Waals surface area contributed by atoms with Gasteiger partial charge in [0.05, 0.1) is 0 Å². The summed E-state index contributed by atoms with van der Waals surface area (Å²) in [4.78, 5) is 16.7. The molecule has 3 aromatic rings. The molecular formula is C22H23N3O2. The van der Waals surface area contributed by atoms with Crippen molar-refractivity contribution in [1.82, 2.24) is 4.98 Å². The van der Waals surface area contributed by atoms with Gasteiger partial charge in [-0.25, -0.2) is 4.98 Å². The molecule has 0 aliphatic carbocycles. The minimum Gasteiger partial charge on any atom is -0.457 e. The molecule has 5 nitrogen and oxygen atoms in total. The van der Waals surface area contributed by atoms with E-state index in [-0.39, 0.29) is 5.91 Å². The molecule has 5 heteroatoms. The third-order valence-corrected chi connectivity index (χ3v) is 3.80. The Morgan fingerprint density at radius 3 is 2.41 bits per heavy atom. The second-order valence-electron chi connectivity index (χ2n) is 6.60. The molecule has 0 bridgehead atoms. The number of pyridine rings is 1. The number of benzene rings is 2. The topological polar surface area (TPSA) is 63.2 Å². The number of nitrogens with zero attached hydrogens (tertiary/aromatic N) is 1. The van der Waals surface area contributed by atoms with Crippen LogP contribution in [0.25, 0.3) is 0 Å². The number of anilines is 2. The molecule has 3 rings (SSSR count). The SMILES string of the molecule is CC(C)CNc1cc(C(=O)Nc2ccc(Oc3ccccc3)cc2)ccn1. The van der Waals surface area contributed by atoms with Crippen LogP contribution in [0.2, 0.25) is 0 Å². The molecule has 0 fully saturated rings. The number of aromatic nitrogens is 1. The van der Waals surface area contributed by atoms with Crippen molar-refractivity contribution in [3.63, 3.8) is 0 Å². The molecule has 27 heavy (non-hydrogen) atoms. The molecule has 0 aliphatic rings. The summed E-state index contributed by atoms with van der Waals surface area (Å²) in [6.07, 6.45) is 1.63. The van der Waals surface area contributed by atoms with Gasteiger partial charge in [-0.2, -0.15) is 0 Å². The Kier molecular flexibility index (Phi) is 6.05. The van der Waals surface area contributed by atoms with E-state index in [1.807, 2.05) is 54.6 Å². The van der Waals surface area contributed by atoms with Crippen LogP contribution in [0, 0.1) is 5.92 Å². The fourth-order valence-corrected chi connectivity index (χ4v) is 2.41. The van der Waals surface area contributed by atoms with Gasteiger partial charge >= 0.3 is 0 Å². The first-order chi connectivity index (χ1) is 13.1. The lowest BCUT2D eigenvalue weighted by Crippen LogP contribution is -2.14. The van der Waals surface area contributed by atoms with E-state index in [9.17, 15) is 4.79 Å². The molecule has 0 radical (unpaired) electrons. The number of rotatable bonds is 7. The van der Waals surface area contributed by atoms with E-state index in [0.29, 0.717) is 28.7 Å². The molecule has 0 unspecified atom stereocenters. The van der Waals surface area contributed by atoms with Crippen molar-refractivity contribution in [3.05, 3.63) is 78.5 Å². The summed E-state index contributed by atoms with van der Waals surface area (Å²) >= 11 is 0. The molecule has 1 amide bonds. The lowest BCUT2D eigenvalue weighted by molar-refractivity contribution is 0.102. The van der Waals surface area contributed by atoms with Crippen LogP contribution in [0.4, 0.5) is 11.5 Å². The third-order valence-electron chi connectivity index (χ3n) is 3.80. The summed E-state index contributed by atoms with van der Waals surface area (Å²) < 4.78 is 5.76. The second-order valence-corrected chi connectivity index (χ2v) is 6.60. The van der Waals surface area contributed by atoms with Crippen molar-refractivity contribution in [1.29, 1.82) is 0 Å². The molecule has 0 saturated carbocycles. The fourth-order valence-electron chi connectivity index (χ4n) is 2.41. The molecule has 0 aliphatic heterocycles. The average Bonchev–Trinajstić information content (AvgIpc) is 2.69. The highest BCUT2D eigenvalue weighted by atomic mass is 16.5. The quantitative estimate of drug-likeness (QED) is 0.607. The Labute approximate surface area is 159 Å². The summed E-state index contributed by atoms with van der Waals surface area (Å²) in [6.45, 7) is 5.05. The van der Waals surface area contributed by atoms with Gasteiger partial charge in [-0.15, -0.1) is 0 Å². The van der Waals surface area contributed by atoms with Crippen LogP contribution >= 0.6 is 0 Å². The Balaban J connectivity index is 1.61. The number of ether oxygens (including phenoxy) is 1. The molecular weight excluding hydrogens is 338 g/mol. The Morgan fingerprint density at radius 2 is 1.70 bits per heavy atom. The van der Waals surface area contributed by atoms with Gasteiger partial charge < -0.3 is 15.4 Å². The Morgan fingerprint density at radius 1 is 1.00 bits per heavy atom. The maximum absolute atomic E-state index is 12.5. The predicted molar refractivity (Wildman–Crippen MR) is 108 cm³/mol. The highest BCUT2D eigenvalue weighted by Crippen LogP contribution is 2.23. The first-order valence-corrected chi connectivity index (χ1v) is 8.94. The number of hydrogen-bond acceptors (Lipinski definition) is 4. The zero-order valence-electron chi connectivity index (χ0n) is 15.5. The molecule has 1 aromatic heterocycles. The van der Waals surface area contributed by atoms with Crippen molar-refractivity contribution >= 4 is 17.4 Å². The van der Waals surface area contributed by atoms with Gasteiger partial charge in [0.25, 0.3) is 5.91 Å². The van der Waals surface area contributed by atoms with E-state index < -0.39 is 0 Å². The zero-order valence-corrected chi connectivity index (χ0v) is 15.5. The van der Waals surface area contributed by atoms with Crippen LogP contribution in [0.15, 0.2) is 72.9 Å². The van der Waals surface area contributed by atoms with E-state index in [1.165, 1.54) is 0 Å². The van der Waals surface area contributed by atoms with Gasteiger partial charge in [-0.05, 0) is 54.4 Å². The van der Waals surface area contributed by atoms with Crippen LogP contribution in [-0.2, 0) is 0 Å². The summed E-state index contributed by atoms with van der Waals surface area (Å²) in [6, 6.07) is 20.3. The first kappa shape index (κ1) is 18.5. The van der Waals surface area contributed by atoms with Gasteiger partial charge in [0.2, 0.25) is 0 Å². The summed E-state index contributed by atoms with van der Waals surface area (Å²) in [5, 5.41) is 6.12. The van der Waals surface area contributed by atoms with E-state index in [2.05, 4.69) is 29.5 Å². The standard InChI is InChI=1S/C22H23N3O2/c1-16(2)15-24-21-14-17(12-13-23-21)22(26)25-18-8-10-20(11-9-18)27-19-6-4-3-5-7-19/h3-14,16H,15H2,1-2H3,(H,23,24)(H,25,26). The maximum Gasteiger partial charge on any atom is 0.255 e. The van der Waals surface area contributed by atoms with E-state index in [4.69, 9.17) is 4.74 Å². The van der Waals surface area contributed by atoms with Gasteiger partial charge in [0.15, 0.2) is 0 Å². The summed E-state index contributed by atoms with van der Waals surface area (Å²) in [7, 11) is 0. The summed E-state index contributed by atoms with van der Waals surface area (Å²) in [5.74, 6) is 2.50. The molecule has 1 heterocycles. The van der Waals surface area contributed by atoms with Crippen molar-refractivity contribution in [2.45, 2.75) is 13.8 Å². The van der Waals surface area contributed by atoms with Crippen LogP contribution in [0.5, 0.6) is 11.5 Å². The highest BCUT2D eigenvalue weighted by Gasteiger charge is 2.08. The molecule has 2 N–H and O–H groups in total. The van der Waals surface area contributed by atoms with Gasteiger partial charge in [-0.3, -0.25) is 4.79 Å². The van der Waals surface area contributed by atoms with Gasteiger partial charge in [-0.1, -0.05) is 32.0 Å². The normalized spacial score (nSPS) is 10.5. The number of nitrogens with one attached hydrogen (secondary N) is 2. The highest BCUT2D eigenvalue weighted by molar-refractivity contribution is 6.04. The number of carbonyl (C=O) groups excluding carboxylic acids is 1. The number of hydrogen-bond donors (Lipinski definition) is 2. The van der Waals surface area contributed by atoms with Crippen LogP contribution in [0.1, 0.15) is 24.2 Å². The average molecular weight is 361 g/mol. The maximum atomic E-state index is 12.5. The van der Waals surface area contributed by atoms with E-state index in [0.717, 1.165) is 12.3 Å². The van der Waals surface area contributed by atoms with Crippen molar-refractivity contribution in [2.24, 2.45) is 5.92 Å². The minimum atomic E-state index is -0.179. The van der Waals surface area contributed by atoms with Crippen molar-refractivity contribution in [2.75, 3.05) is 17.2 Å². The summed E-state index contributed by atoms with van der Waals surface area (Å²) in [5.41, 5.74) is 1.26. The van der Waals surface area contributed by atoms with Crippen molar-refractivity contribution < 1.29 is 9.53 Å². The minimum absolute atomic E-state index is 0.179. The van der Waals surface area contributed by atoms with Crippen LogP contribution in [-0.4, -0.2) is 17.4 Å². The molecule has 0 atom stereocenters. The lowest BCUT2D eigenvalue weighted by Gasteiger charge is -2.10. The Bertz CT molecular complexity index is 878. The smallest absolute Gasteiger partial charge is 0.255 e. The monoisotopic (exact) mass is 361 g/mol. The lowest BCUT2D eigenvalue weighted by atomic mass is 10.2. The van der Waals surface area contributed by atoms with E-state index >= 15 is 0 Å². The van der Waals surface area contributed by atoms with Crippen LogP contribution in [0.3, 0.4) is 0 Å². The van der Waals surface area contributed by atoms with Gasteiger partial charge in [0.1, 0.15) is 17.3 Å². The number of amides is 1.